The van der Waals surface area contributed by atoms with Crippen LogP contribution >= 0.6 is 0 Å². The zero-order valence-corrected chi connectivity index (χ0v) is 17.5. The van der Waals surface area contributed by atoms with E-state index in [1.54, 1.807) is 0 Å². The Morgan fingerprint density at radius 2 is 1.68 bits per heavy atom. The summed E-state index contributed by atoms with van der Waals surface area (Å²) in [6.07, 6.45) is 0. The zero-order valence-electron chi connectivity index (χ0n) is 16.7. The molecule has 0 fully saturated rings. The van der Waals surface area contributed by atoms with Crippen LogP contribution in [0.1, 0.15) is 27.7 Å². The molecule has 0 spiro atoms. The molecule has 1 rings (SSSR count). The number of amides is 2. The minimum atomic E-state index is -3.93. The summed E-state index contributed by atoms with van der Waals surface area (Å²) in [5, 5.41) is 5.22. The highest BCUT2D eigenvalue weighted by Gasteiger charge is 2.24. The lowest BCUT2D eigenvalue weighted by atomic mass is 10.1. The van der Waals surface area contributed by atoms with E-state index in [1.165, 1.54) is 38.2 Å². The molecule has 0 aliphatic carbocycles. The molecule has 2 N–H and O–H groups in total. The number of nitrogens with one attached hydrogen (secondary N) is 2. The number of hydrogen-bond acceptors (Lipinski definition) is 6. The second-order valence-electron chi connectivity index (χ2n) is 6.73. The van der Waals surface area contributed by atoms with Crippen molar-refractivity contribution in [2.24, 2.45) is 5.92 Å². The molecular weight excluding hydrogens is 386 g/mol. The molecule has 10 heteroatoms. The van der Waals surface area contributed by atoms with Crippen LogP contribution in [0.5, 0.6) is 0 Å². The van der Waals surface area contributed by atoms with Crippen molar-refractivity contribution in [1.29, 1.82) is 0 Å². The fraction of sp³-hybridized carbons (Fsp3) is 0.500. The maximum Gasteiger partial charge on any atom is 0.321 e. The molecule has 1 atom stereocenters. The van der Waals surface area contributed by atoms with Crippen LogP contribution in [0.25, 0.3) is 0 Å². The van der Waals surface area contributed by atoms with Gasteiger partial charge >= 0.3 is 5.97 Å². The van der Waals surface area contributed by atoms with Gasteiger partial charge in [0.05, 0.1) is 4.90 Å². The van der Waals surface area contributed by atoms with E-state index in [4.69, 9.17) is 4.74 Å². The molecule has 9 nitrogen and oxygen atoms in total. The Kier molecular flexibility index (Phi) is 8.58. The number of likely N-dealkylation sites (N-methyl/N-ethyl adjacent to an activating group) is 1. The van der Waals surface area contributed by atoms with E-state index in [0.717, 1.165) is 4.31 Å². The van der Waals surface area contributed by atoms with Crippen molar-refractivity contribution in [3.05, 3.63) is 24.3 Å². The second kappa shape index (κ2) is 10.2. The van der Waals surface area contributed by atoms with Gasteiger partial charge in [-0.05, 0) is 37.1 Å². The Bertz CT molecular complexity index is 805. The predicted octanol–water partition coefficient (Wildman–Crippen LogP) is 0.969. The molecule has 0 aromatic heterocycles. The average Bonchev–Trinajstić information content (AvgIpc) is 2.59. The van der Waals surface area contributed by atoms with Gasteiger partial charge < -0.3 is 15.4 Å². The lowest BCUT2D eigenvalue weighted by molar-refractivity contribution is -0.148. The van der Waals surface area contributed by atoms with Gasteiger partial charge in [0.25, 0.3) is 5.91 Å². The number of sulfonamides is 1. The summed E-state index contributed by atoms with van der Waals surface area (Å²) in [5.74, 6) is -1.34. The number of ether oxygens (including phenoxy) is 1. The van der Waals surface area contributed by atoms with Crippen LogP contribution in [0.2, 0.25) is 0 Å². The van der Waals surface area contributed by atoms with E-state index >= 15 is 0 Å². The summed E-state index contributed by atoms with van der Waals surface area (Å²) in [4.78, 5) is 34.6. The van der Waals surface area contributed by atoms with Crippen LogP contribution in [-0.2, 0) is 29.1 Å². The number of carbonyl (C=O) groups excluding carboxylic acids is 3. The van der Waals surface area contributed by atoms with Crippen LogP contribution in [0.3, 0.4) is 0 Å². The number of hydrogen-bond donors (Lipinski definition) is 2. The summed E-state index contributed by atoms with van der Waals surface area (Å²) >= 11 is 0. The van der Waals surface area contributed by atoms with Crippen molar-refractivity contribution >= 4 is 33.5 Å². The molecular formula is C18H27N3O6S. The van der Waals surface area contributed by atoms with E-state index in [-0.39, 0.29) is 22.8 Å². The Morgan fingerprint density at radius 3 is 2.18 bits per heavy atom. The van der Waals surface area contributed by atoms with Crippen molar-refractivity contribution in [2.45, 2.75) is 38.6 Å². The van der Waals surface area contributed by atoms with E-state index in [2.05, 4.69) is 10.6 Å². The molecule has 0 saturated carbocycles. The third-order valence-electron chi connectivity index (χ3n) is 3.99. The maximum absolute atomic E-state index is 12.5. The molecule has 1 aromatic carbocycles. The SMILES string of the molecule is CC(=O)Nc1ccc(S(=O)(=O)N(C)CC(=O)OCC(=O)N[C@H](C)C(C)C)cc1. The molecule has 1 aromatic rings. The first-order chi connectivity index (χ1) is 12.9. The van der Waals surface area contributed by atoms with Gasteiger partial charge in [-0.25, -0.2) is 8.42 Å². The molecule has 0 radical (unpaired) electrons. The minimum Gasteiger partial charge on any atom is -0.455 e. The van der Waals surface area contributed by atoms with Crippen LogP contribution in [0.15, 0.2) is 29.2 Å². The van der Waals surface area contributed by atoms with Crippen molar-refractivity contribution in [3.8, 4) is 0 Å². The van der Waals surface area contributed by atoms with Gasteiger partial charge in [0.15, 0.2) is 6.61 Å². The van der Waals surface area contributed by atoms with Crippen LogP contribution in [-0.4, -0.2) is 56.7 Å². The minimum absolute atomic E-state index is 0.0413. The highest BCUT2D eigenvalue weighted by atomic mass is 32.2. The Hall–Kier alpha value is -2.46. The van der Waals surface area contributed by atoms with Crippen molar-refractivity contribution in [1.82, 2.24) is 9.62 Å². The number of nitrogens with zero attached hydrogens (tertiary/aromatic N) is 1. The lowest BCUT2D eigenvalue weighted by Gasteiger charge is -2.18. The third kappa shape index (κ3) is 7.28. The normalized spacial score (nSPS) is 12.5. The Morgan fingerprint density at radius 1 is 1.11 bits per heavy atom. The quantitative estimate of drug-likeness (QED) is 0.582. The van der Waals surface area contributed by atoms with Crippen molar-refractivity contribution in [3.63, 3.8) is 0 Å². The molecule has 0 aliphatic rings. The van der Waals surface area contributed by atoms with E-state index in [9.17, 15) is 22.8 Å². The van der Waals surface area contributed by atoms with Gasteiger partial charge in [0, 0.05) is 25.7 Å². The van der Waals surface area contributed by atoms with E-state index in [1.807, 2.05) is 20.8 Å². The molecule has 0 aliphatic heterocycles. The van der Waals surface area contributed by atoms with Gasteiger partial charge in [0.2, 0.25) is 15.9 Å². The zero-order chi connectivity index (χ0) is 21.5. The standard InChI is InChI=1S/C18H27N3O6S/c1-12(2)13(3)19-17(23)11-27-18(24)10-21(5)28(25,26)16-8-6-15(7-9-16)20-14(4)22/h6-9,12-13H,10-11H2,1-5H3,(H,19,23)(H,20,22)/t13-/m1/s1. The molecule has 2 amide bonds. The van der Waals surface area contributed by atoms with Crippen LogP contribution < -0.4 is 10.6 Å². The lowest BCUT2D eigenvalue weighted by Crippen LogP contribution is -2.40. The third-order valence-corrected chi connectivity index (χ3v) is 5.81. The van der Waals surface area contributed by atoms with Crippen LogP contribution in [0, 0.1) is 5.92 Å². The average molecular weight is 413 g/mol. The van der Waals surface area contributed by atoms with Crippen molar-refractivity contribution < 1.29 is 27.5 Å². The molecule has 156 valence electrons. The summed E-state index contributed by atoms with van der Waals surface area (Å²) in [7, 11) is -2.69. The first kappa shape index (κ1) is 23.6. The summed E-state index contributed by atoms with van der Waals surface area (Å²) in [6, 6.07) is 5.46. The summed E-state index contributed by atoms with van der Waals surface area (Å²) in [5.41, 5.74) is 0.454. The monoisotopic (exact) mass is 413 g/mol. The molecule has 0 heterocycles. The van der Waals surface area contributed by atoms with Gasteiger partial charge in [-0.3, -0.25) is 14.4 Å². The topological polar surface area (TPSA) is 122 Å². The highest BCUT2D eigenvalue weighted by molar-refractivity contribution is 7.89. The molecule has 0 unspecified atom stereocenters. The number of anilines is 1. The highest BCUT2D eigenvalue weighted by Crippen LogP contribution is 2.17. The summed E-state index contributed by atoms with van der Waals surface area (Å²) in [6.45, 7) is 6.05. The van der Waals surface area contributed by atoms with Crippen LogP contribution in [0.4, 0.5) is 5.69 Å². The largest absolute Gasteiger partial charge is 0.455 e. The number of benzene rings is 1. The number of carbonyl (C=O) groups is 3. The van der Waals surface area contributed by atoms with Gasteiger partial charge in [0.1, 0.15) is 6.54 Å². The smallest absolute Gasteiger partial charge is 0.321 e. The second-order valence-corrected chi connectivity index (χ2v) is 8.77. The summed E-state index contributed by atoms with van der Waals surface area (Å²) < 4.78 is 30.7. The number of esters is 1. The maximum atomic E-state index is 12.5. The first-order valence-electron chi connectivity index (χ1n) is 8.72. The Labute approximate surface area is 165 Å². The molecule has 0 saturated heterocycles. The van der Waals surface area contributed by atoms with Gasteiger partial charge in [-0.15, -0.1) is 0 Å². The molecule has 0 bridgehead atoms. The fourth-order valence-electron chi connectivity index (χ4n) is 2.01. The molecule has 28 heavy (non-hydrogen) atoms. The van der Waals surface area contributed by atoms with E-state index < -0.39 is 35.1 Å². The van der Waals surface area contributed by atoms with Gasteiger partial charge in [-0.2, -0.15) is 4.31 Å². The first-order valence-corrected chi connectivity index (χ1v) is 10.2. The predicted molar refractivity (Wildman–Crippen MR) is 104 cm³/mol. The van der Waals surface area contributed by atoms with Crippen molar-refractivity contribution in [2.75, 3.05) is 25.5 Å². The fourth-order valence-corrected chi connectivity index (χ4v) is 3.13. The van der Waals surface area contributed by atoms with Gasteiger partial charge in [-0.1, -0.05) is 13.8 Å². The Balaban J connectivity index is 2.62. The number of rotatable bonds is 9. The van der Waals surface area contributed by atoms with E-state index in [0.29, 0.717) is 5.69 Å².